The lowest BCUT2D eigenvalue weighted by Crippen LogP contribution is -2.21. The summed E-state index contributed by atoms with van der Waals surface area (Å²) in [6, 6.07) is 30.1. The molecule has 0 radical (unpaired) electrons. The number of esters is 2. The van der Waals surface area contributed by atoms with Crippen molar-refractivity contribution in [3.8, 4) is 5.75 Å². The Kier molecular flexibility index (Phi) is 22.1. The minimum Gasteiger partial charge on any atom is -0.465 e. The Balaban J connectivity index is 0.000000321. The Bertz CT molecular complexity index is 2510. The zero-order valence-electron chi connectivity index (χ0n) is 35.5. The molecule has 0 heterocycles. The van der Waals surface area contributed by atoms with Gasteiger partial charge in [0.05, 0.1) is 30.9 Å². The molecule has 366 valence electrons. The molecule has 0 saturated carbocycles. The van der Waals surface area contributed by atoms with Gasteiger partial charge in [0.2, 0.25) is 0 Å². The van der Waals surface area contributed by atoms with Gasteiger partial charge in [-0.15, -0.1) is 0 Å². The van der Waals surface area contributed by atoms with Crippen molar-refractivity contribution in [1.82, 2.24) is 0 Å². The molecular weight excluding hydrogens is 956 g/mol. The third-order valence-corrected chi connectivity index (χ3v) is 9.92. The number of hydrogen-bond donors (Lipinski definition) is 2. The second-order valence-electron chi connectivity index (χ2n) is 13.6. The highest BCUT2D eigenvalue weighted by molar-refractivity contribution is 7.86. The number of ether oxygens (including phenoxy) is 2. The van der Waals surface area contributed by atoms with Gasteiger partial charge in [-0.1, -0.05) is 86.1 Å². The molecule has 0 bridgehead atoms. The fraction of sp³-hybridized carbons (Fsp3) is 0.273. The van der Waals surface area contributed by atoms with E-state index < -0.39 is 60.1 Å². The van der Waals surface area contributed by atoms with E-state index in [2.05, 4.69) is 11.0 Å². The molecule has 0 amide bonds. The van der Waals surface area contributed by atoms with Gasteiger partial charge < -0.3 is 9.47 Å². The first-order valence-electron chi connectivity index (χ1n) is 19.1. The lowest BCUT2D eigenvalue weighted by atomic mass is 10.0. The molecule has 5 rings (SSSR count). The molecule has 5 aromatic carbocycles. The normalized spacial score (nSPS) is 11.7. The molecule has 0 aliphatic carbocycles. The van der Waals surface area contributed by atoms with Gasteiger partial charge in [0.1, 0.15) is 11.5 Å². The van der Waals surface area contributed by atoms with Gasteiger partial charge in [-0.3, -0.25) is 13.9 Å². The van der Waals surface area contributed by atoms with Crippen LogP contribution in [-0.2, 0) is 71.3 Å². The fourth-order valence-electron chi connectivity index (χ4n) is 5.22. The highest BCUT2D eigenvalue weighted by atomic mass is 32.2. The number of carbonyl (C=O) groups is 2. The molecule has 67 heavy (non-hydrogen) atoms. The quantitative estimate of drug-likeness (QED) is 0.0217. The highest BCUT2D eigenvalue weighted by Crippen LogP contribution is 2.31. The van der Waals surface area contributed by atoms with E-state index in [1.54, 1.807) is 6.07 Å². The van der Waals surface area contributed by atoms with Crippen molar-refractivity contribution < 1.29 is 94.3 Å². The van der Waals surface area contributed by atoms with Crippen LogP contribution in [0.25, 0.3) is 0 Å². The molecule has 0 aliphatic heterocycles. The first-order valence-corrected chi connectivity index (χ1v) is 22.0. The molecule has 0 aromatic heterocycles. The van der Waals surface area contributed by atoms with Crippen molar-refractivity contribution in [2.45, 2.75) is 68.4 Å². The van der Waals surface area contributed by atoms with Crippen LogP contribution in [0.4, 0.5) is 39.5 Å². The third kappa shape index (κ3) is 21.1. The summed E-state index contributed by atoms with van der Waals surface area (Å²) >= 11 is 0. The molecule has 2 N–H and O–H groups in total. The molecule has 0 spiro atoms. The van der Waals surface area contributed by atoms with Crippen LogP contribution in [-0.4, -0.2) is 57.6 Å². The van der Waals surface area contributed by atoms with Crippen molar-refractivity contribution >= 4 is 32.2 Å². The Hall–Kier alpha value is -5.85. The fourth-order valence-corrected chi connectivity index (χ4v) is 5.83. The van der Waals surface area contributed by atoms with Gasteiger partial charge in [0, 0.05) is 6.42 Å². The molecule has 0 unspecified atom stereocenters. The number of para-hydroxylation sites is 1. The zero-order valence-corrected chi connectivity index (χ0v) is 37.1. The number of methoxy groups -OCH3 is 1. The second kappa shape index (κ2) is 25.9. The van der Waals surface area contributed by atoms with Crippen LogP contribution in [0.1, 0.15) is 75.5 Å². The van der Waals surface area contributed by atoms with Gasteiger partial charge in [-0.05, 0) is 95.6 Å². The minimum absolute atomic E-state index is 0.142. The molecule has 0 saturated heterocycles. The Morgan fingerprint density at radius 2 is 1.06 bits per heavy atom. The predicted molar refractivity (Wildman–Crippen MR) is 224 cm³/mol. The minimum atomic E-state index is -5.84. The van der Waals surface area contributed by atoms with Gasteiger partial charge in [0.15, 0.2) is 5.75 Å². The van der Waals surface area contributed by atoms with E-state index in [4.69, 9.17) is 31.9 Å². The Morgan fingerprint density at radius 3 is 1.51 bits per heavy atom. The van der Waals surface area contributed by atoms with Gasteiger partial charge in [0.25, 0.3) is 10.1 Å². The van der Waals surface area contributed by atoms with Crippen molar-refractivity contribution in [3.63, 3.8) is 0 Å². The smallest absolute Gasteiger partial charge is 0.465 e. The SMILES string of the molecule is CCCCC(=O)Oc1ccccc1S(=O)(=O)O.COOCc1cccc(Cc2cccc(C(=O)OC)c2)c1.FC(F)(F)c1ccc(Cc2ccc(C(F)(F)F)cc2)cc1.O=S(=O)(O)C(F)(F)F. The number of halogens is 9. The summed E-state index contributed by atoms with van der Waals surface area (Å²) in [5, 5.41) is 0. The monoisotopic (exact) mass is 998 g/mol. The number of hydrogen-bond acceptors (Lipinski definition) is 10. The first-order chi connectivity index (χ1) is 31.1. The molecule has 12 nitrogen and oxygen atoms in total. The molecule has 0 atom stereocenters. The lowest BCUT2D eigenvalue weighted by molar-refractivity contribution is -0.282. The average molecular weight is 999 g/mol. The standard InChI is InChI=1S/C17H18O4.C15H10F6.C11H14O5S.CHF3O3S/c1-19-17(18)16-8-4-6-14(11-16)9-13-5-3-7-15(10-13)12-21-20-2;16-14(17,18)12-5-1-10(2-6-12)9-11-3-7-13(8-4-11)15(19,20)21;1-2-3-8-11(12)16-9-6-4-5-7-10(9)17(13,14)15;2-1(3,4)8(5,6)7/h3-8,10-11H,9,12H2,1-2H3;1-8H,9H2;4-7H,2-3,8H2,1H3,(H,13,14,15);(H,5,6,7). The topological polar surface area (TPSA) is 180 Å². The van der Waals surface area contributed by atoms with E-state index in [-0.39, 0.29) is 24.6 Å². The molecule has 0 aliphatic rings. The Labute approximate surface area is 379 Å². The van der Waals surface area contributed by atoms with E-state index in [9.17, 15) is 57.5 Å². The summed E-state index contributed by atoms with van der Waals surface area (Å²) in [6.45, 7) is 2.34. The third-order valence-electron chi connectivity index (χ3n) is 8.44. The lowest BCUT2D eigenvalue weighted by Gasteiger charge is -2.09. The van der Waals surface area contributed by atoms with E-state index in [0.29, 0.717) is 29.7 Å². The maximum atomic E-state index is 12.4. The van der Waals surface area contributed by atoms with Gasteiger partial charge in [-0.25, -0.2) is 14.6 Å². The summed E-state index contributed by atoms with van der Waals surface area (Å²) in [7, 11) is -7.35. The molecular formula is C44H43F9O12S2. The van der Waals surface area contributed by atoms with Crippen LogP contribution < -0.4 is 4.74 Å². The highest BCUT2D eigenvalue weighted by Gasteiger charge is 2.44. The molecule has 5 aromatic rings. The number of benzene rings is 5. The number of unbranched alkanes of at least 4 members (excludes halogenated alkanes) is 1. The zero-order chi connectivity index (χ0) is 50.6. The van der Waals surface area contributed by atoms with Crippen molar-refractivity contribution in [2.24, 2.45) is 0 Å². The summed E-state index contributed by atoms with van der Waals surface area (Å²) in [5.41, 5.74) is -2.03. The summed E-state index contributed by atoms with van der Waals surface area (Å²) in [6.07, 6.45) is -6.04. The first kappa shape index (κ1) is 57.3. The summed E-state index contributed by atoms with van der Waals surface area (Å²) in [4.78, 5) is 32.0. The van der Waals surface area contributed by atoms with Crippen LogP contribution in [0.5, 0.6) is 5.75 Å². The number of carbonyl (C=O) groups excluding carboxylic acids is 2. The number of alkyl halides is 9. The maximum Gasteiger partial charge on any atom is 0.522 e. The van der Waals surface area contributed by atoms with Crippen LogP contribution in [0.2, 0.25) is 0 Å². The van der Waals surface area contributed by atoms with Crippen LogP contribution in [0.15, 0.2) is 126 Å². The van der Waals surface area contributed by atoms with E-state index >= 15 is 0 Å². The molecule has 23 heteroatoms. The van der Waals surface area contributed by atoms with Crippen molar-refractivity contribution in [2.75, 3.05) is 14.2 Å². The van der Waals surface area contributed by atoms with Crippen molar-refractivity contribution in [1.29, 1.82) is 0 Å². The van der Waals surface area contributed by atoms with Crippen LogP contribution in [0, 0.1) is 0 Å². The van der Waals surface area contributed by atoms with Crippen LogP contribution in [0.3, 0.4) is 0 Å². The number of rotatable bonds is 13. The van der Waals surface area contributed by atoms with Crippen LogP contribution >= 0.6 is 0 Å². The van der Waals surface area contributed by atoms with Crippen molar-refractivity contribution in [3.05, 3.63) is 166 Å². The Morgan fingerprint density at radius 1 is 0.597 bits per heavy atom. The predicted octanol–water partition coefficient (Wildman–Crippen LogP) is 10.9. The largest absolute Gasteiger partial charge is 0.522 e. The van der Waals surface area contributed by atoms with Gasteiger partial charge >= 0.3 is 39.9 Å². The van der Waals surface area contributed by atoms with Gasteiger partial charge in [-0.2, -0.15) is 56.3 Å². The molecule has 0 fully saturated rings. The summed E-state index contributed by atoms with van der Waals surface area (Å²) in [5.74, 6) is -0.974. The second-order valence-corrected chi connectivity index (χ2v) is 16.4. The summed E-state index contributed by atoms with van der Waals surface area (Å²) < 4.78 is 173. The van der Waals surface area contributed by atoms with E-state index in [1.807, 2.05) is 43.3 Å². The van der Waals surface area contributed by atoms with E-state index in [1.165, 1.54) is 62.8 Å². The van der Waals surface area contributed by atoms with E-state index in [0.717, 1.165) is 53.8 Å². The maximum absolute atomic E-state index is 12.4. The average Bonchev–Trinajstić information content (AvgIpc) is 3.24.